The summed E-state index contributed by atoms with van der Waals surface area (Å²) in [4.78, 5) is 12.0. The van der Waals surface area contributed by atoms with E-state index in [9.17, 15) is 4.79 Å². The maximum atomic E-state index is 12.0. The highest BCUT2D eigenvalue weighted by Crippen LogP contribution is 2.22. The minimum Gasteiger partial charge on any atom is -0.397 e. The lowest BCUT2D eigenvalue weighted by molar-refractivity contribution is -0.126. The van der Waals surface area contributed by atoms with Gasteiger partial charge in [0.2, 0.25) is 0 Å². The number of nitrogens with one attached hydrogen (secondary N) is 1. The highest BCUT2D eigenvalue weighted by atomic mass is 35.5. The van der Waals surface area contributed by atoms with Gasteiger partial charge in [0.25, 0.3) is 5.91 Å². The lowest BCUT2D eigenvalue weighted by Crippen LogP contribution is -2.28. The summed E-state index contributed by atoms with van der Waals surface area (Å²) >= 11 is 5.83. The van der Waals surface area contributed by atoms with Crippen molar-refractivity contribution >= 4 is 28.9 Å². The summed E-state index contributed by atoms with van der Waals surface area (Å²) in [5.74, 6) is -0.194. The zero-order valence-corrected chi connectivity index (χ0v) is 13.3. The fourth-order valence-electron chi connectivity index (χ4n) is 1.48. The van der Waals surface area contributed by atoms with Crippen molar-refractivity contribution in [1.29, 1.82) is 0 Å². The molecule has 0 saturated heterocycles. The lowest BCUT2D eigenvalue weighted by atomic mass is 9.93. The molecule has 0 fully saturated rings. The number of halogens is 1. The molecule has 1 amide bonds. The lowest BCUT2D eigenvalue weighted by Gasteiger charge is -2.20. The van der Waals surface area contributed by atoms with E-state index in [1.165, 1.54) is 0 Å². The van der Waals surface area contributed by atoms with Crippen LogP contribution in [0.25, 0.3) is 0 Å². The summed E-state index contributed by atoms with van der Waals surface area (Å²) in [5, 5.41) is 3.22. The quantitative estimate of drug-likeness (QED) is 0.815. The Labute approximate surface area is 125 Å². The molecule has 0 spiro atoms. The predicted molar refractivity (Wildman–Crippen MR) is 84.0 cm³/mol. The Hall–Kier alpha value is -1.26. The smallest absolute Gasteiger partial charge is 0.253 e. The highest BCUT2D eigenvalue weighted by molar-refractivity contribution is 6.33. The molecule has 0 aliphatic heterocycles. The molecular formula is C15H23ClN2O2. The zero-order valence-electron chi connectivity index (χ0n) is 12.5. The van der Waals surface area contributed by atoms with Gasteiger partial charge in [0.05, 0.1) is 10.7 Å². The Morgan fingerprint density at radius 2 is 2.10 bits per heavy atom. The SMILES string of the molecule is CC(OCCC(C)(C)C)C(=O)Nc1ccc(Cl)c(N)c1. The van der Waals surface area contributed by atoms with E-state index in [2.05, 4.69) is 26.1 Å². The van der Waals surface area contributed by atoms with E-state index in [4.69, 9.17) is 22.1 Å². The number of carbonyl (C=O) groups is 1. The number of anilines is 2. The van der Waals surface area contributed by atoms with Crippen molar-refractivity contribution in [2.45, 2.75) is 40.2 Å². The van der Waals surface area contributed by atoms with E-state index in [0.717, 1.165) is 6.42 Å². The minimum absolute atomic E-state index is 0.194. The maximum absolute atomic E-state index is 12.0. The van der Waals surface area contributed by atoms with E-state index in [1.807, 2.05) is 0 Å². The van der Waals surface area contributed by atoms with Gasteiger partial charge in [-0.3, -0.25) is 4.79 Å². The average molecular weight is 299 g/mol. The molecule has 0 bridgehead atoms. The summed E-state index contributed by atoms with van der Waals surface area (Å²) in [5.41, 5.74) is 6.93. The van der Waals surface area contributed by atoms with Crippen LogP contribution in [-0.2, 0) is 9.53 Å². The number of amides is 1. The third kappa shape index (κ3) is 5.80. The molecule has 20 heavy (non-hydrogen) atoms. The van der Waals surface area contributed by atoms with Crippen molar-refractivity contribution in [3.8, 4) is 0 Å². The van der Waals surface area contributed by atoms with Gasteiger partial charge < -0.3 is 15.8 Å². The van der Waals surface area contributed by atoms with Crippen molar-refractivity contribution in [3.63, 3.8) is 0 Å². The fraction of sp³-hybridized carbons (Fsp3) is 0.533. The second-order valence-electron chi connectivity index (χ2n) is 6.05. The third-order valence-corrected chi connectivity index (χ3v) is 3.20. The van der Waals surface area contributed by atoms with E-state index in [0.29, 0.717) is 23.0 Å². The summed E-state index contributed by atoms with van der Waals surface area (Å²) in [7, 11) is 0. The van der Waals surface area contributed by atoms with Crippen molar-refractivity contribution in [2.24, 2.45) is 5.41 Å². The Morgan fingerprint density at radius 1 is 1.45 bits per heavy atom. The van der Waals surface area contributed by atoms with Gasteiger partial charge in [-0.2, -0.15) is 0 Å². The maximum Gasteiger partial charge on any atom is 0.253 e. The molecule has 0 radical (unpaired) electrons. The van der Waals surface area contributed by atoms with Gasteiger partial charge in [-0.1, -0.05) is 32.4 Å². The second-order valence-corrected chi connectivity index (χ2v) is 6.46. The summed E-state index contributed by atoms with van der Waals surface area (Å²) in [6.45, 7) is 8.70. The fourth-order valence-corrected chi connectivity index (χ4v) is 1.60. The normalized spacial score (nSPS) is 13.1. The van der Waals surface area contributed by atoms with Gasteiger partial charge in [0.15, 0.2) is 0 Å². The van der Waals surface area contributed by atoms with Gasteiger partial charge in [-0.25, -0.2) is 0 Å². The molecule has 0 aliphatic rings. The molecule has 1 unspecified atom stereocenters. The van der Waals surface area contributed by atoms with Crippen molar-refractivity contribution in [3.05, 3.63) is 23.2 Å². The molecule has 4 nitrogen and oxygen atoms in total. The zero-order chi connectivity index (χ0) is 15.3. The molecule has 0 heterocycles. The van der Waals surface area contributed by atoms with Crippen molar-refractivity contribution in [2.75, 3.05) is 17.7 Å². The number of hydrogen-bond donors (Lipinski definition) is 2. The van der Waals surface area contributed by atoms with Crippen LogP contribution >= 0.6 is 11.6 Å². The van der Waals surface area contributed by atoms with Crippen LogP contribution in [0.2, 0.25) is 5.02 Å². The van der Waals surface area contributed by atoms with E-state index >= 15 is 0 Å². The van der Waals surface area contributed by atoms with E-state index < -0.39 is 6.10 Å². The molecule has 0 aromatic heterocycles. The van der Waals surface area contributed by atoms with Crippen molar-refractivity contribution < 1.29 is 9.53 Å². The molecule has 5 heteroatoms. The monoisotopic (exact) mass is 298 g/mol. The van der Waals surface area contributed by atoms with Crippen LogP contribution < -0.4 is 11.1 Å². The summed E-state index contributed by atoms with van der Waals surface area (Å²) in [6, 6.07) is 4.98. The predicted octanol–water partition coefficient (Wildman–Crippen LogP) is 3.70. The molecule has 1 rings (SSSR count). The van der Waals surface area contributed by atoms with Gasteiger partial charge in [0.1, 0.15) is 6.10 Å². The Kier molecular flexibility index (Phi) is 5.84. The van der Waals surface area contributed by atoms with Crippen LogP contribution in [-0.4, -0.2) is 18.6 Å². The second kappa shape index (κ2) is 6.95. The van der Waals surface area contributed by atoms with E-state index in [1.54, 1.807) is 25.1 Å². The number of nitrogens with two attached hydrogens (primary N) is 1. The molecule has 0 saturated carbocycles. The molecule has 112 valence electrons. The summed E-state index contributed by atoms with van der Waals surface area (Å²) in [6.07, 6.45) is 0.396. The third-order valence-electron chi connectivity index (χ3n) is 2.85. The molecular weight excluding hydrogens is 276 g/mol. The molecule has 0 aliphatic carbocycles. The van der Waals surface area contributed by atoms with E-state index in [-0.39, 0.29) is 11.3 Å². The Morgan fingerprint density at radius 3 is 2.65 bits per heavy atom. The first-order valence-corrected chi connectivity index (χ1v) is 7.04. The standard InChI is InChI=1S/C15H23ClN2O2/c1-10(20-8-7-15(2,3)4)14(19)18-11-5-6-12(16)13(17)9-11/h5-6,9-10H,7-8,17H2,1-4H3,(H,18,19). The van der Waals surface area contributed by atoms with Crippen LogP contribution in [0.4, 0.5) is 11.4 Å². The first-order chi connectivity index (χ1) is 9.19. The number of benzene rings is 1. The average Bonchev–Trinajstić information content (AvgIpc) is 2.32. The number of carbonyl (C=O) groups excluding carboxylic acids is 1. The van der Waals surface area contributed by atoms with Gasteiger partial charge in [-0.05, 0) is 37.0 Å². The molecule has 1 aromatic carbocycles. The number of nitrogen functional groups attached to an aromatic ring is 1. The number of ether oxygens (including phenoxy) is 1. The minimum atomic E-state index is -0.505. The first-order valence-electron chi connectivity index (χ1n) is 6.66. The van der Waals surface area contributed by atoms with Gasteiger partial charge >= 0.3 is 0 Å². The Bertz CT molecular complexity index is 469. The van der Waals surface area contributed by atoms with Crippen LogP contribution in [0.5, 0.6) is 0 Å². The molecule has 3 N–H and O–H groups in total. The van der Waals surface area contributed by atoms with Crippen molar-refractivity contribution in [1.82, 2.24) is 0 Å². The largest absolute Gasteiger partial charge is 0.397 e. The first kappa shape index (κ1) is 16.8. The molecule has 1 aromatic rings. The number of hydrogen-bond acceptors (Lipinski definition) is 3. The topological polar surface area (TPSA) is 64.3 Å². The van der Waals surface area contributed by atoms with Crippen LogP contribution in [0, 0.1) is 5.41 Å². The molecule has 1 atom stereocenters. The van der Waals surface area contributed by atoms with Gasteiger partial charge in [0, 0.05) is 12.3 Å². The van der Waals surface area contributed by atoms with Crippen LogP contribution in [0.1, 0.15) is 34.1 Å². The Balaban J connectivity index is 2.47. The van der Waals surface area contributed by atoms with Crippen LogP contribution in [0.15, 0.2) is 18.2 Å². The summed E-state index contributed by atoms with van der Waals surface area (Å²) < 4.78 is 5.54. The van der Waals surface area contributed by atoms with Crippen LogP contribution in [0.3, 0.4) is 0 Å². The van der Waals surface area contributed by atoms with Gasteiger partial charge in [-0.15, -0.1) is 0 Å². The number of rotatable bonds is 5. The highest BCUT2D eigenvalue weighted by Gasteiger charge is 2.16.